The molecular formula is C10H19N3S. The van der Waals surface area contributed by atoms with Crippen LogP contribution in [0.1, 0.15) is 46.1 Å². The summed E-state index contributed by atoms with van der Waals surface area (Å²) in [7, 11) is 0. The number of hydrogen-bond acceptors (Lipinski definition) is 2. The molecule has 0 aromatic carbocycles. The number of aromatic amines is 1. The molecule has 3 nitrogen and oxygen atoms in total. The SMILES string of the molecule is CC(C)CCCC(C)n1cn[nH]c1=S. The van der Waals surface area contributed by atoms with E-state index >= 15 is 0 Å². The van der Waals surface area contributed by atoms with E-state index in [9.17, 15) is 0 Å². The van der Waals surface area contributed by atoms with Gasteiger partial charge in [-0.15, -0.1) is 0 Å². The summed E-state index contributed by atoms with van der Waals surface area (Å²) in [6, 6.07) is 0.458. The maximum absolute atomic E-state index is 5.11. The van der Waals surface area contributed by atoms with Gasteiger partial charge in [-0.3, -0.25) is 5.10 Å². The number of aromatic nitrogens is 3. The molecule has 0 saturated carbocycles. The first kappa shape index (κ1) is 11.4. The lowest BCUT2D eigenvalue weighted by molar-refractivity contribution is 0.443. The van der Waals surface area contributed by atoms with Crippen LogP contribution in [0.3, 0.4) is 0 Å². The highest BCUT2D eigenvalue weighted by molar-refractivity contribution is 7.71. The van der Waals surface area contributed by atoms with Gasteiger partial charge in [-0.05, 0) is 31.5 Å². The van der Waals surface area contributed by atoms with E-state index in [2.05, 4.69) is 31.0 Å². The Labute approximate surface area is 90.5 Å². The van der Waals surface area contributed by atoms with Gasteiger partial charge in [-0.1, -0.05) is 26.7 Å². The Kier molecular flexibility index (Phi) is 4.32. The largest absolute Gasteiger partial charge is 0.304 e. The molecule has 0 radical (unpaired) electrons. The molecule has 0 aliphatic heterocycles. The summed E-state index contributed by atoms with van der Waals surface area (Å²) in [6.07, 6.45) is 5.50. The Hall–Kier alpha value is -0.640. The fourth-order valence-corrected chi connectivity index (χ4v) is 1.81. The number of H-pyrrole nitrogens is 1. The summed E-state index contributed by atoms with van der Waals surface area (Å²) >= 11 is 5.11. The van der Waals surface area contributed by atoms with Crippen molar-refractivity contribution >= 4 is 12.2 Å². The normalized spacial score (nSPS) is 13.4. The minimum atomic E-state index is 0.458. The summed E-state index contributed by atoms with van der Waals surface area (Å²) in [6.45, 7) is 6.70. The Morgan fingerprint density at radius 1 is 1.43 bits per heavy atom. The van der Waals surface area contributed by atoms with Crippen LogP contribution in [-0.2, 0) is 0 Å². The summed E-state index contributed by atoms with van der Waals surface area (Å²) < 4.78 is 2.75. The van der Waals surface area contributed by atoms with Gasteiger partial charge in [0.05, 0.1) is 0 Å². The van der Waals surface area contributed by atoms with Gasteiger partial charge in [0.25, 0.3) is 0 Å². The molecule has 1 N–H and O–H groups in total. The van der Waals surface area contributed by atoms with E-state index < -0.39 is 0 Å². The highest BCUT2D eigenvalue weighted by atomic mass is 32.1. The molecule has 1 aromatic rings. The van der Waals surface area contributed by atoms with E-state index in [1.54, 1.807) is 6.33 Å². The molecule has 0 amide bonds. The third kappa shape index (κ3) is 3.25. The first-order valence-corrected chi connectivity index (χ1v) is 5.63. The third-order valence-electron chi connectivity index (χ3n) is 2.46. The summed E-state index contributed by atoms with van der Waals surface area (Å²) in [5.41, 5.74) is 0. The lowest BCUT2D eigenvalue weighted by Crippen LogP contribution is -2.04. The van der Waals surface area contributed by atoms with Gasteiger partial charge in [0.15, 0.2) is 4.77 Å². The topological polar surface area (TPSA) is 33.6 Å². The monoisotopic (exact) mass is 213 g/mol. The van der Waals surface area contributed by atoms with Gasteiger partial charge >= 0.3 is 0 Å². The van der Waals surface area contributed by atoms with E-state index in [0.717, 1.165) is 10.7 Å². The van der Waals surface area contributed by atoms with Gasteiger partial charge in [-0.2, -0.15) is 5.10 Å². The zero-order valence-electron chi connectivity index (χ0n) is 9.16. The minimum absolute atomic E-state index is 0.458. The van der Waals surface area contributed by atoms with Crippen molar-refractivity contribution in [3.8, 4) is 0 Å². The molecule has 0 aliphatic rings. The molecule has 1 aromatic heterocycles. The van der Waals surface area contributed by atoms with Crippen molar-refractivity contribution < 1.29 is 0 Å². The van der Waals surface area contributed by atoms with Crippen LogP contribution < -0.4 is 0 Å². The zero-order valence-corrected chi connectivity index (χ0v) is 9.97. The molecule has 1 heterocycles. The molecule has 0 fully saturated rings. The molecule has 1 atom stereocenters. The smallest absolute Gasteiger partial charge is 0.195 e. The molecule has 0 spiro atoms. The van der Waals surface area contributed by atoms with Crippen molar-refractivity contribution in [3.05, 3.63) is 11.1 Å². The van der Waals surface area contributed by atoms with E-state index in [4.69, 9.17) is 12.2 Å². The Balaban J connectivity index is 2.40. The predicted octanol–water partition coefficient (Wildman–Crippen LogP) is 3.33. The minimum Gasteiger partial charge on any atom is -0.304 e. The molecule has 0 aliphatic carbocycles. The van der Waals surface area contributed by atoms with Crippen molar-refractivity contribution in [2.45, 2.75) is 46.1 Å². The van der Waals surface area contributed by atoms with E-state index in [0.29, 0.717) is 6.04 Å². The fraction of sp³-hybridized carbons (Fsp3) is 0.800. The predicted molar refractivity (Wildman–Crippen MR) is 60.8 cm³/mol. The van der Waals surface area contributed by atoms with Crippen LogP contribution in [-0.4, -0.2) is 14.8 Å². The molecule has 14 heavy (non-hydrogen) atoms. The first-order chi connectivity index (χ1) is 6.61. The summed E-state index contributed by atoms with van der Waals surface area (Å²) in [5.74, 6) is 0.791. The summed E-state index contributed by atoms with van der Waals surface area (Å²) in [4.78, 5) is 0. The molecule has 0 saturated heterocycles. The first-order valence-electron chi connectivity index (χ1n) is 5.22. The quantitative estimate of drug-likeness (QED) is 0.761. The maximum atomic E-state index is 5.11. The van der Waals surface area contributed by atoms with Gasteiger partial charge in [-0.25, -0.2) is 0 Å². The highest BCUT2D eigenvalue weighted by Crippen LogP contribution is 2.16. The number of nitrogens with one attached hydrogen (secondary N) is 1. The van der Waals surface area contributed by atoms with E-state index in [-0.39, 0.29) is 0 Å². The molecule has 1 unspecified atom stereocenters. The van der Waals surface area contributed by atoms with Crippen LogP contribution in [0, 0.1) is 10.7 Å². The van der Waals surface area contributed by atoms with Crippen LogP contribution >= 0.6 is 12.2 Å². The van der Waals surface area contributed by atoms with Crippen molar-refractivity contribution in [2.75, 3.05) is 0 Å². The number of hydrogen-bond donors (Lipinski definition) is 1. The van der Waals surface area contributed by atoms with Crippen molar-refractivity contribution in [1.82, 2.24) is 14.8 Å². The standard InChI is InChI=1S/C10H19N3S/c1-8(2)5-4-6-9(3)13-7-11-12-10(13)14/h7-9H,4-6H2,1-3H3,(H,12,14). The van der Waals surface area contributed by atoms with Crippen LogP contribution in [0.5, 0.6) is 0 Å². The van der Waals surface area contributed by atoms with Crippen LogP contribution in [0.25, 0.3) is 0 Å². The zero-order chi connectivity index (χ0) is 10.6. The average Bonchev–Trinajstić information content (AvgIpc) is 2.50. The molecule has 80 valence electrons. The molecule has 4 heteroatoms. The number of nitrogens with zero attached hydrogens (tertiary/aromatic N) is 2. The highest BCUT2D eigenvalue weighted by Gasteiger charge is 2.05. The molecule has 0 bridgehead atoms. The van der Waals surface area contributed by atoms with Gasteiger partial charge in [0, 0.05) is 6.04 Å². The van der Waals surface area contributed by atoms with Crippen LogP contribution in [0.4, 0.5) is 0 Å². The van der Waals surface area contributed by atoms with Crippen molar-refractivity contribution in [1.29, 1.82) is 0 Å². The Morgan fingerprint density at radius 2 is 2.14 bits per heavy atom. The second kappa shape index (κ2) is 5.29. The lowest BCUT2D eigenvalue weighted by Gasteiger charge is -2.12. The Bertz CT molecular complexity index is 313. The third-order valence-corrected chi connectivity index (χ3v) is 2.76. The van der Waals surface area contributed by atoms with Crippen molar-refractivity contribution in [3.63, 3.8) is 0 Å². The molecular weight excluding hydrogens is 194 g/mol. The summed E-state index contributed by atoms with van der Waals surface area (Å²) in [5, 5.41) is 6.70. The Morgan fingerprint density at radius 3 is 2.64 bits per heavy atom. The van der Waals surface area contributed by atoms with Gasteiger partial charge in [0.2, 0.25) is 0 Å². The second-order valence-electron chi connectivity index (χ2n) is 4.24. The van der Waals surface area contributed by atoms with Crippen molar-refractivity contribution in [2.24, 2.45) is 5.92 Å². The lowest BCUT2D eigenvalue weighted by atomic mass is 10.0. The van der Waals surface area contributed by atoms with Gasteiger partial charge in [0.1, 0.15) is 6.33 Å². The number of rotatable bonds is 5. The van der Waals surface area contributed by atoms with E-state index in [1.165, 1.54) is 19.3 Å². The average molecular weight is 213 g/mol. The van der Waals surface area contributed by atoms with Crippen LogP contribution in [0.15, 0.2) is 6.33 Å². The van der Waals surface area contributed by atoms with Crippen LogP contribution in [0.2, 0.25) is 0 Å². The maximum Gasteiger partial charge on any atom is 0.195 e. The second-order valence-corrected chi connectivity index (χ2v) is 4.63. The fourth-order valence-electron chi connectivity index (χ4n) is 1.53. The molecule has 1 rings (SSSR count). The van der Waals surface area contributed by atoms with Gasteiger partial charge < -0.3 is 4.57 Å². The van der Waals surface area contributed by atoms with E-state index in [1.807, 2.05) is 4.57 Å².